The normalized spacial score (nSPS) is 11.9. The smallest absolute Gasteiger partial charge is 0.225 e. The van der Waals surface area contributed by atoms with E-state index in [0.717, 1.165) is 51.4 Å². The maximum atomic E-state index is 11.5. The third-order valence-electron chi connectivity index (χ3n) is 4.96. The first-order valence-electron chi connectivity index (χ1n) is 12.6. The van der Waals surface area contributed by atoms with E-state index in [1.807, 2.05) is 69.2 Å². The average molecular weight is 456 g/mol. The molecule has 1 amide bonds. The summed E-state index contributed by atoms with van der Waals surface area (Å²) in [5.41, 5.74) is -0.390. The zero-order chi connectivity index (χ0) is 25.4. The summed E-state index contributed by atoms with van der Waals surface area (Å²) < 4.78 is 5.55. The Balaban J connectivity index is 0. The molecule has 0 saturated heterocycles. The van der Waals surface area contributed by atoms with Crippen LogP contribution in [0.3, 0.4) is 0 Å². The van der Waals surface area contributed by atoms with Crippen molar-refractivity contribution in [3.63, 3.8) is 0 Å². The highest BCUT2D eigenvalue weighted by atomic mass is 16.5. The maximum Gasteiger partial charge on any atom is 0.225 e. The van der Waals surface area contributed by atoms with Crippen molar-refractivity contribution in [3.05, 3.63) is 0 Å². The minimum Gasteiger partial charge on any atom is -0.376 e. The Labute approximate surface area is 198 Å². The molecular weight excluding hydrogens is 402 g/mol. The highest BCUT2D eigenvalue weighted by Crippen LogP contribution is 2.13. The van der Waals surface area contributed by atoms with Crippen LogP contribution in [0.1, 0.15) is 121 Å². The zero-order valence-corrected chi connectivity index (χ0v) is 22.9. The first-order valence-corrected chi connectivity index (χ1v) is 12.6. The summed E-state index contributed by atoms with van der Waals surface area (Å²) in [6.45, 7) is 21.0. The fourth-order valence-electron chi connectivity index (χ4n) is 2.62. The van der Waals surface area contributed by atoms with Crippen LogP contribution in [0.15, 0.2) is 0 Å². The van der Waals surface area contributed by atoms with Crippen molar-refractivity contribution >= 4 is 17.5 Å². The van der Waals surface area contributed by atoms with E-state index in [1.54, 1.807) is 0 Å². The predicted octanol–water partition coefficient (Wildman–Crippen LogP) is 6.52. The number of ether oxygens (including phenoxy) is 1. The van der Waals surface area contributed by atoms with Gasteiger partial charge >= 0.3 is 0 Å². The molecule has 5 nitrogen and oxygen atoms in total. The van der Waals surface area contributed by atoms with E-state index in [9.17, 15) is 14.4 Å². The molecule has 0 spiro atoms. The van der Waals surface area contributed by atoms with Crippen molar-refractivity contribution in [2.24, 2.45) is 17.3 Å². The third-order valence-corrected chi connectivity index (χ3v) is 4.96. The van der Waals surface area contributed by atoms with E-state index in [1.165, 1.54) is 0 Å². The van der Waals surface area contributed by atoms with Crippen LogP contribution in [-0.4, -0.2) is 36.2 Å². The molecule has 0 unspecified atom stereocenters. The Morgan fingerprint density at radius 3 is 1.44 bits per heavy atom. The summed E-state index contributed by atoms with van der Waals surface area (Å²) in [6, 6.07) is 0. The van der Waals surface area contributed by atoms with Crippen LogP contribution in [0.2, 0.25) is 0 Å². The van der Waals surface area contributed by atoms with Crippen molar-refractivity contribution in [1.29, 1.82) is 0 Å². The molecule has 1 N–H and O–H groups in total. The lowest BCUT2D eigenvalue weighted by atomic mass is 9.96. The van der Waals surface area contributed by atoms with E-state index >= 15 is 0 Å². The number of carbonyl (C=O) groups excluding carboxylic acids is 3. The highest BCUT2D eigenvalue weighted by Gasteiger charge is 2.20. The summed E-state index contributed by atoms with van der Waals surface area (Å²) in [5.74, 6) is 1.20. The molecule has 5 heteroatoms. The van der Waals surface area contributed by atoms with Gasteiger partial charge in [-0.15, -0.1) is 0 Å². The van der Waals surface area contributed by atoms with Gasteiger partial charge < -0.3 is 10.1 Å². The quantitative estimate of drug-likeness (QED) is 0.303. The van der Waals surface area contributed by atoms with Crippen LogP contribution < -0.4 is 5.32 Å². The second kappa shape index (κ2) is 17.3. The Kier molecular flexibility index (Phi) is 17.8. The van der Waals surface area contributed by atoms with E-state index < -0.39 is 0 Å². The maximum absolute atomic E-state index is 11.5. The van der Waals surface area contributed by atoms with Crippen LogP contribution >= 0.6 is 0 Å². The number of nitrogens with one attached hydrogen (secondary N) is 1. The number of carbonyl (C=O) groups is 3. The van der Waals surface area contributed by atoms with Crippen LogP contribution in [0, 0.1) is 17.3 Å². The molecule has 0 aliphatic rings. The molecule has 0 aliphatic carbocycles. The van der Waals surface area contributed by atoms with E-state index in [-0.39, 0.29) is 28.8 Å². The van der Waals surface area contributed by atoms with Crippen molar-refractivity contribution < 1.29 is 19.1 Å². The molecule has 0 heterocycles. The Bertz CT molecular complexity index is 501. The van der Waals surface area contributed by atoms with Gasteiger partial charge in [0.15, 0.2) is 0 Å². The minimum absolute atomic E-state index is 0.0892. The van der Waals surface area contributed by atoms with Gasteiger partial charge in [-0.05, 0) is 40.0 Å². The fraction of sp³-hybridized carbons (Fsp3) is 0.889. The van der Waals surface area contributed by atoms with E-state index in [0.29, 0.717) is 24.7 Å². The van der Waals surface area contributed by atoms with Crippen LogP contribution in [-0.2, 0) is 19.1 Å². The molecule has 0 aromatic heterocycles. The van der Waals surface area contributed by atoms with Gasteiger partial charge in [0.05, 0.1) is 5.60 Å². The lowest BCUT2D eigenvalue weighted by Crippen LogP contribution is -2.35. The second-order valence-electron chi connectivity index (χ2n) is 11.3. The summed E-state index contributed by atoms with van der Waals surface area (Å²) in [5, 5.41) is 2.89. The summed E-state index contributed by atoms with van der Waals surface area (Å²) in [6.07, 6.45) is 7.72. The molecular formula is C27H53NO4. The van der Waals surface area contributed by atoms with Gasteiger partial charge in [0, 0.05) is 43.2 Å². The van der Waals surface area contributed by atoms with Crippen molar-refractivity contribution in [3.8, 4) is 0 Å². The van der Waals surface area contributed by atoms with Gasteiger partial charge in [0.25, 0.3) is 0 Å². The molecule has 0 bridgehead atoms. The zero-order valence-electron chi connectivity index (χ0n) is 22.9. The van der Waals surface area contributed by atoms with Crippen molar-refractivity contribution in [2.75, 3.05) is 13.2 Å². The number of unbranched alkanes of at least 4 members (excludes halogenated alkanes) is 4. The van der Waals surface area contributed by atoms with E-state index in [4.69, 9.17) is 4.74 Å². The Hall–Kier alpha value is -1.23. The number of hydrogen-bond acceptors (Lipinski definition) is 4. The third kappa shape index (κ3) is 22.0. The summed E-state index contributed by atoms with van der Waals surface area (Å²) in [7, 11) is 0. The minimum atomic E-state index is -0.301. The largest absolute Gasteiger partial charge is 0.376 e. The van der Waals surface area contributed by atoms with Gasteiger partial charge in [0.1, 0.15) is 11.6 Å². The Morgan fingerprint density at radius 2 is 1.09 bits per heavy atom. The second-order valence-corrected chi connectivity index (χ2v) is 11.3. The van der Waals surface area contributed by atoms with Gasteiger partial charge in [-0.2, -0.15) is 0 Å². The monoisotopic (exact) mass is 455 g/mol. The number of hydrogen-bond donors (Lipinski definition) is 1. The number of ketones is 2. The standard InChI is InChI=1S/C15H28O2.C12H25NO2/c1-12(2)14(16)10-8-6-5-7-9-11-15(17)13(3)4;1-11(2,3)10(14)13-8-7-9-15-12(4,5)6/h12-13H,5-11H2,1-4H3;7-9H2,1-6H3,(H,13,14). The molecule has 0 aromatic rings. The molecule has 0 aliphatic heterocycles. The lowest BCUT2D eigenvalue weighted by Gasteiger charge is -2.20. The van der Waals surface area contributed by atoms with Gasteiger partial charge in [-0.3, -0.25) is 14.4 Å². The van der Waals surface area contributed by atoms with Crippen LogP contribution in [0.4, 0.5) is 0 Å². The lowest BCUT2D eigenvalue weighted by molar-refractivity contribution is -0.128. The molecule has 190 valence electrons. The van der Waals surface area contributed by atoms with E-state index in [2.05, 4.69) is 5.32 Å². The Morgan fingerprint density at radius 1 is 0.688 bits per heavy atom. The van der Waals surface area contributed by atoms with Gasteiger partial charge in [-0.25, -0.2) is 0 Å². The summed E-state index contributed by atoms with van der Waals surface area (Å²) >= 11 is 0. The summed E-state index contributed by atoms with van der Waals surface area (Å²) in [4.78, 5) is 34.2. The number of amides is 1. The molecule has 32 heavy (non-hydrogen) atoms. The topological polar surface area (TPSA) is 72.5 Å². The average Bonchev–Trinajstić information content (AvgIpc) is 2.65. The number of rotatable bonds is 14. The molecule has 0 fully saturated rings. The molecule has 0 aromatic carbocycles. The van der Waals surface area contributed by atoms with Gasteiger partial charge in [-0.1, -0.05) is 67.7 Å². The predicted molar refractivity (Wildman–Crippen MR) is 135 cm³/mol. The molecule has 0 radical (unpaired) electrons. The molecule has 0 saturated carbocycles. The fourth-order valence-corrected chi connectivity index (χ4v) is 2.62. The number of Topliss-reactive ketones (excluding diaryl/α,β-unsaturated/α-hetero) is 2. The first kappa shape index (κ1) is 32.9. The SMILES string of the molecule is CC(C)(C)OCCCNC(=O)C(C)(C)C.CC(C)C(=O)CCCCCCCC(=O)C(C)C. The first-order chi connectivity index (χ1) is 14.6. The van der Waals surface area contributed by atoms with Gasteiger partial charge in [0.2, 0.25) is 5.91 Å². The molecule has 0 atom stereocenters. The molecule has 0 rings (SSSR count). The highest BCUT2D eigenvalue weighted by molar-refractivity contribution is 5.81. The van der Waals surface area contributed by atoms with Crippen LogP contribution in [0.25, 0.3) is 0 Å². The van der Waals surface area contributed by atoms with Crippen molar-refractivity contribution in [2.45, 2.75) is 126 Å². The van der Waals surface area contributed by atoms with Crippen molar-refractivity contribution in [1.82, 2.24) is 5.32 Å². The van der Waals surface area contributed by atoms with Crippen LogP contribution in [0.5, 0.6) is 0 Å².